The van der Waals surface area contributed by atoms with Crippen molar-refractivity contribution in [1.82, 2.24) is 0 Å². The van der Waals surface area contributed by atoms with Gasteiger partial charge in [-0.1, -0.05) is 6.07 Å². The van der Waals surface area contributed by atoms with E-state index in [9.17, 15) is 12.3 Å². The zero-order chi connectivity index (χ0) is 9.47. The fourth-order valence-corrected chi connectivity index (χ4v) is 3.85. The van der Waals surface area contributed by atoms with Gasteiger partial charge in [0.1, 0.15) is 5.25 Å². The third-order valence-electron chi connectivity index (χ3n) is 2.18. The van der Waals surface area contributed by atoms with Gasteiger partial charge in [-0.05, 0) is 30.2 Å². The largest absolute Gasteiger partial charge is 0.310 e. The molecule has 1 aliphatic rings. The van der Waals surface area contributed by atoms with Crippen molar-refractivity contribution in [2.75, 3.05) is 0 Å². The maximum Gasteiger partial charge on any atom is 0.310 e. The molecule has 72 valence electrons. The highest BCUT2D eigenvalue weighted by Crippen LogP contribution is 2.47. The molecule has 1 fully saturated rings. The maximum atomic E-state index is 12.9. The van der Waals surface area contributed by atoms with Gasteiger partial charge in [0, 0.05) is 4.88 Å². The second kappa shape index (κ2) is 3.06. The van der Waals surface area contributed by atoms with E-state index in [4.69, 9.17) is 0 Å². The van der Waals surface area contributed by atoms with E-state index in [0.717, 1.165) is 12.8 Å². The number of rotatable bonds is 3. The van der Waals surface area contributed by atoms with Crippen molar-refractivity contribution in [3.8, 4) is 0 Å². The summed E-state index contributed by atoms with van der Waals surface area (Å²) in [6.07, 6.45) is 1.65. The van der Waals surface area contributed by atoms with E-state index in [0.29, 0.717) is 4.88 Å². The van der Waals surface area contributed by atoms with Gasteiger partial charge in [-0.3, -0.25) is 0 Å². The number of hydrogen-bond acceptors (Lipinski definition) is 3. The van der Waals surface area contributed by atoms with Crippen LogP contribution in [0, 0.1) is 5.92 Å². The Morgan fingerprint density at radius 1 is 1.54 bits per heavy atom. The molecule has 0 spiro atoms. The first kappa shape index (κ1) is 9.15. The van der Waals surface area contributed by atoms with Crippen LogP contribution >= 0.6 is 11.3 Å². The molecule has 2 nitrogen and oxygen atoms in total. The summed E-state index contributed by atoms with van der Waals surface area (Å²) in [5.74, 6) is 0.00801. The smallest absolute Gasteiger partial charge is 0.194 e. The van der Waals surface area contributed by atoms with Gasteiger partial charge in [0.15, 0.2) is 0 Å². The number of hydrogen-bond donors (Lipinski definition) is 0. The fraction of sp³-hybridized carbons (Fsp3) is 0.500. The van der Waals surface area contributed by atoms with E-state index >= 15 is 0 Å². The summed E-state index contributed by atoms with van der Waals surface area (Å²) in [5, 5.41) is 0.878. The molecule has 5 heteroatoms. The predicted octanol–water partition coefficient (Wildman–Crippen LogP) is 2.50. The zero-order valence-electron chi connectivity index (χ0n) is 6.81. The first-order chi connectivity index (χ1) is 6.09. The molecule has 0 amide bonds. The molecule has 0 bridgehead atoms. The standard InChI is InChI=1S/C8H9FO2S2/c9-13(10,11)8(6-3-4-6)7-2-1-5-12-7/h1-2,5-6,8H,3-4H2. The maximum absolute atomic E-state index is 12.9. The molecule has 1 aliphatic carbocycles. The summed E-state index contributed by atoms with van der Waals surface area (Å²) in [6.45, 7) is 0. The highest BCUT2D eigenvalue weighted by molar-refractivity contribution is 7.86. The van der Waals surface area contributed by atoms with E-state index in [1.165, 1.54) is 11.3 Å². The molecular formula is C8H9FO2S2. The third kappa shape index (κ3) is 1.91. The molecule has 0 radical (unpaired) electrons. The minimum Gasteiger partial charge on any atom is -0.194 e. The monoisotopic (exact) mass is 220 g/mol. The van der Waals surface area contributed by atoms with Crippen molar-refractivity contribution in [3.05, 3.63) is 22.4 Å². The van der Waals surface area contributed by atoms with Crippen LogP contribution in [0.15, 0.2) is 17.5 Å². The molecule has 1 aromatic rings. The lowest BCUT2D eigenvalue weighted by molar-refractivity contribution is 0.527. The van der Waals surface area contributed by atoms with Crippen molar-refractivity contribution in [3.63, 3.8) is 0 Å². The Labute approximate surface area is 80.6 Å². The minimum atomic E-state index is -4.41. The van der Waals surface area contributed by atoms with Crippen LogP contribution in [0.1, 0.15) is 23.0 Å². The second-order valence-corrected chi connectivity index (χ2v) is 5.69. The van der Waals surface area contributed by atoms with Crippen molar-refractivity contribution in [1.29, 1.82) is 0 Å². The number of halogens is 1. The highest BCUT2D eigenvalue weighted by Gasteiger charge is 2.41. The summed E-state index contributed by atoms with van der Waals surface area (Å²) in [4.78, 5) is 0.630. The van der Waals surface area contributed by atoms with Crippen LogP contribution in [0.3, 0.4) is 0 Å². The van der Waals surface area contributed by atoms with Gasteiger partial charge in [-0.2, -0.15) is 8.42 Å². The van der Waals surface area contributed by atoms with Crippen LogP contribution in [-0.4, -0.2) is 8.42 Å². The molecule has 0 N–H and O–H groups in total. The van der Waals surface area contributed by atoms with Crippen LogP contribution < -0.4 is 0 Å². The Morgan fingerprint density at radius 3 is 2.62 bits per heavy atom. The Balaban J connectivity index is 2.35. The van der Waals surface area contributed by atoms with Crippen LogP contribution in [0.5, 0.6) is 0 Å². The normalized spacial score (nSPS) is 20.1. The molecule has 0 aromatic carbocycles. The molecule has 1 atom stereocenters. The van der Waals surface area contributed by atoms with Gasteiger partial charge in [-0.25, -0.2) is 0 Å². The lowest BCUT2D eigenvalue weighted by atomic mass is 10.2. The fourth-order valence-electron chi connectivity index (χ4n) is 1.45. The molecule has 2 rings (SSSR count). The van der Waals surface area contributed by atoms with Gasteiger partial charge in [-0.15, -0.1) is 15.2 Å². The highest BCUT2D eigenvalue weighted by atomic mass is 32.3. The average Bonchev–Trinajstić information content (AvgIpc) is 2.63. The second-order valence-electron chi connectivity index (χ2n) is 3.25. The Kier molecular flexibility index (Phi) is 2.15. The zero-order valence-corrected chi connectivity index (χ0v) is 8.44. The van der Waals surface area contributed by atoms with E-state index in [-0.39, 0.29) is 5.92 Å². The van der Waals surface area contributed by atoms with Gasteiger partial charge in [0.05, 0.1) is 0 Å². The van der Waals surface area contributed by atoms with Crippen molar-refractivity contribution in [2.45, 2.75) is 18.1 Å². The molecule has 1 aromatic heterocycles. The Bertz CT molecular complexity index is 378. The molecular weight excluding hydrogens is 211 g/mol. The van der Waals surface area contributed by atoms with Gasteiger partial charge >= 0.3 is 10.2 Å². The minimum absolute atomic E-state index is 0.00801. The quantitative estimate of drug-likeness (QED) is 0.733. The lowest BCUT2D eigenvalue weighted by Gasteiger charge is -2.07. The van der Waals surface area contributed by atoms with Crippen molar-refractivity contribution < 1.29 is 12.3 Å². The van der Waals surface area contributed by atoms with E-state index in [1.54, 1.807) is 17.5 Å². The average molecular weight is 220 g/mol. The van der Waals surface area contributed by atoms with Crippen LogP contribution in [-0.2, 0) is 10.2 Å². The first-order valence-corrected chi connectivity index (χ1v) is 6.38. The van der Waals surface area contributed by atoms with Gasteiger partial charge in [0.25, 0.3) is 0 Å². The molecule has 1 saturated carbocycles. The Hall–Kier alpha value is -0.420. The van der Waals surface area contributed by atoms with Crippen LogP contribution in [0.2, 0.25) is 0 Å². The molecule has 0 saturated heterocycles. The summed E-state index contributed by atoms with van der Waals surface area (Å²) in [5.41, 5.74) is 0. The summed E-state index contributed by atoms with van der Waals surface area (Å²) >= 11 is 1.31. The molecule has 13 heavy (non-hydrogen) atoms. The summed E-state index contributed by atoms with van der Waals surface area (Å²) in [7, 11) is -4.41. The Morgan fingerprint density at radius 2 is 2.23 bits per heavy atom. The van der Waals surface area contributed by atoms with Crippen molar-refractivity contribution >= 4 is 21.6 Å². The van der Waals surface area contributed by atoms with E-state index < -0.39 is 15.5 Å². The first-order valence-electron chi connectivity index (χ1n) is 4.06. The van der Waals surface area contributed by atoms with E-state index in [2.05, 4.69) is 0 Å². The SMILES string of the molecule is O=S(=O)(F)C(c1cccs1)C1CC1. The van der Waals surface area contributed by atoms with Crippen LogP contribution in [0.4, 0.5) is 3.89 Å². The molecule has 1 unspecified atom stereocenters. The summed E-state index contributed by atoms with van der Waals surface area (Å²) in [6, 6.07) is 3.44. The number of thiophene rings is 1. The molecule has 1 heterocycles. The lowest BCUT2D eigenvalue weighted by Crippen LogP contribution is -2.08. The van der Waals surface area contributed by atoms with Crippen molar-refractivity contribution in [2.24, 2.45) is 5.92 Å². The van der Waals surface area contributed by atoms with E-state index in [1.807, 2.05) is 0 Å². The van der Waals surface area contributed by atoms with Crippen LogP contribution in [0.25, 0.3) is 0 Å². The topological polar surface area (TPSA) is 34.1 Å². The summed E-state index contributed by atoms with van der Waals surface area (Å²) < 4.78 is 34.6. The molecule has 0 aliphatic heterocycles. The van der Waals surface area contributed by atoms with Gasteiger partial charge < -0.3 is 0 Å². The predicted molar refractivity (Wildman–Crippen MR) is 49.8 cm³/mol. The van der Waals surface area contributed by atoms with Gasteiger partial charge in [0.2, 0.25) is 0 Å². The third-order valence-corrected chi connectivity index (χ3v) is 4.53.